The van der Waals surface area contributed by atoms with Gasteiger partial charge in [0.25, 0.3) is 5.91 Å². The lowest BCUT2D eigenvalue weighted by Crippen LogP contribution is -2.20. The zero-order valence-corrected chi connectivity index (χ0v) is 11.9. The smallest absolute Gasteiger partial charge is 0.264 e. The number of anilines is 1. The Labute approximate surface area is 115 Å². The zero-order chi connectivity index (χ0) is 13.8. The third-order valence-corrected chi connectivity index (χ3v) is 3.41. The summed E-state index contributed by atoms with van der Waals surface area (Å²) in [7, 11) is 0. The lowest BCUT2D eigenvalue weighted by molar-refractivity contribution is -0.118. The number of nitrogens with zero attached hydrogens (tertiary/aromatic N) is 2. The molecular weight excluding hydrogens is 262 g/mol. The summed E-state index contributed by atoms with van der Waals surface area (Å²) in [6.45, 7) is 5.93. The van der Waals surface area contributed by atoms with E-state index in [9.17, 15) is 4.79 Å². The highest BCUT2D eigenvalue weighted by molar-refractivity contribution is 7.09. The molecule has 2 rings (SSSR count). The largest absolute Gasteiger partial charge is 0.483 e. The van der Waals surface area contributed by atoms with Crippen LogP contribution < -0.4 is 10.1 Å². The van der Waals surface area contributed by atoms with Gasteiger partial charge in [-0.15, -0.1) is 0 Å². The molecule has 1 aromatic heterocycles. The van der Waals surface area contributed by atoms with Gasteiger partial charge in [0, 0.05) is 11.5 Å². The first kappa shape index (κ1) is 13.5. The molecule has 6 heteroatoms. The third-order valence-electron chi connectivity index (χ3n) is 2.83. The molecule has 0 fully saturated rings. The van der Waals surface area contributed by atoms with Crippen LogP contribution in [0.3, 0.4) is 0 Å². The first-order chi connectivity index (χ1) is 9.08. The molecule has 1 N–H and O–H groups in total. The van der Waals surface area contributed by atoms with Gasteiger partial charge >= 0.3 is 0 Å². The number of nitrogens with one attached hydrogen (secondary N) is 1. The van der Waals surface area contributed by atoms with Crippen molar-refractivity contribution in [1.29, 1.82) is 0 Å². The van der Waals surface area contributed by atoms with Crippen LogP contribution in [0, 0.1) is 20.8 Å². The fraction of sp³-hybridized carbons (Fsp3) is 0.308. The summed E-state index contributed by atoms with van der Waals surface area (Å²) in [6.07, 6.45) is 1.40. The molecule has 1 amide bonds. The van der Waals surface area contributed by atoms with E-state index >= 15 is 0 Å². The van der Waals surface area contributed by atoms with Crippen molar-refractivity contribution < 1.29 is 9.53 Å². The van der Waals surface area contributed by atoms with Crippen molar-refractivity contribution in [2.45, 2.75) is 20.8 Å². The first-order valence-corrected chi connectivity index (χ1v) is 6.61. The monoisotopic (exact) mass is 277 g/mol. The number of amides is 1. The summed E-state index contributed by atoms with van der Waals surface area (Å²) in [5.41, 5.74) is 3.22. The number of aryl methyl sites for hydroxylation is 2. The maximum absolute atomic E-state index is 11.7. The molecular formula is C13H15N3O2S. The zero-order valence-electron chi connectivity index (χ0n) is 11.1. The Bertz CT molecular complexity index is 582. The summed E-state index contributed by atoms with van der Waals surface area (Å²) >= 11 is 1.13. The highest BCUT2D eigenvalue weighted by Gasteiger charge is 2.10. The van der Waals surface area contributed by atoms with E-state index in [4.69, 9.17) is 4.74 Å². The van der Waals surface area contributed by atoms with E-state index in [1.165, 1.54) is 6.33 Å². The van der Waals surface area contributed by atoms with Gasteiger partial charge in [-0.2, -0.15) is 4.37 Å². The molecule has 1 heterocycles. The lowest BCUT2D eigenvalue weighted by atomic mass is 10.1. The van der Waals surface area contributed by atoms with Gasteiger partial charge in [0.1, 0.15) is 12.1 Å². The van der Waals surface area contributed by atoms with Gasteiger partial charge in [-0.25, -0.2) is 4.98 Å². The quantitative estimate of drug-likeness (QED) is 0.932. The summed E-state index contributed by atoms with van der Waals surface area (Å²) < 4.78 is 9.41. The van der Waals surface area contributed by atoms with E-state index in [-0.39, 0.29) is 12.5 Å². The Morgan fingerprint density at radius 3 is 2.74 bits per heavy atom. The molecule has 0 aliphatic rings. The van der Waals surface area contributed by atoms with Gasteiger partial charge in [-0.05, 0) is 37.5 Å². The SMILES string of the molecule is Cc1ccc(C)c(OCC(=O)Nc2ncns2)c1C. The van der Waals surface area contributed by atoms with Crippen molar-refractivity contribution >= 4 is 22.6 Å². The van der Waals surface area contributed by atoms with Gasteiger partial charge in [-0.1, -0.05) is 12.1 Å². The fourth-order valence-corrected chi connectivity index (χ4v) is 2.12. The van der Waals surface area contributed by atoms with Gasteiger partial charge < -0.3 is 4.74 Å². The molecule has 0 spiro atoms. The molecule has 0 radical (unpaired) electrons. The van der Waals surface area contributed by atoms with Crippen LogP contribution >= 0.6 is 11.5 Å². The van der Waals surface area contributed by atoms with E-state index in [2.05, 4.69) is 14.7 Å². The minimum absolute atomic E-state index is 0.0370. The Morgan fingerprint density at radius 2 is 2.05 bits per heavy atom. The average molecular weight is 277 g/mol. The van der Waals surface area contributed by atoms with E-state index in [1.807, 2.05) is 32.9 Å². The lowest BCUT2D eigenvalue weighted by Gasteiger charge is -2.13. The molecule has 0 atom stereocenters. The highest BCUT2D eigenvalue weighted by atomic mass is 32.1. The second kappa shape index (κ2) is 5.79. The predicted molar refractivity (Wildman–Crippen MR) is 74.7 cm³/mol. The van der Waals surface area contributed by atoms with Crippen LogP contribution in [0.4, 0.5) is 5.13 Å². The van der Waals surface area contributed by atoms with E-state index in [0.717, 1.165) is 34.0 Å². The minimum atomic E-state index is -0.239. The number of carbonyl (C=O) groups is 1. The van der Waals surface area contributed by atoms with Crippen molar-refractivity contribution in [2.24, 2.45) is 0 Å². The number of hydrogen-bond donors (Lipinski definition) is 1. The maximum atomic E-state index is 11.7. The normalized spacial score (nSPS) is 10.3. The Hall–Kier alpha value is -1.95. The predicted octanol–water partition coefficient (Wildman–Crippen LogP) is 2.48. The number of carbonyl (C=O) groups excluding carboxylic acids is 1. The molecule has 19 heavy (non-hydrogen) atoms. The molecule has 5 nitrogen and oxygen atoms in total. The summed E-state index contributed by atoms with van der Waals surface area (Å²) in [4.78, 5) is 15.6. The van der Waals surface area contributed by atoms with Crippen molar-refractivity contribution in [3.8, 4) is 5.75 Å². The van der Waals surface area contributed by atoms with Crippen LogP contribution in [0.25, 0.3) is 0 Å². The molecule has 100 valence electrons. The third kappa shape index (κ3) is 3.29. The number of hydrogen-bond acceptors (Lipinski definition) is 5. The van der Waals surface area contributed by atoms with E-state index in [0.29, 0.717) is 5.13 Å². The van der Waals surface area contributed by atoms with Gasteiger partial charge in [0.15, 0.2) is 6.61 Å². The average Bonchev–Trinajstić information content (AvgIpc) is 2.87. The number of benzene rings is 1. The number of aromatic nitrogens is 2. The van der Waals surface area contributed by atoms with Crippen molar-refractivity contribution in [3.05, 3.63) is 35.2 Å². The summed E-state index contributed by atoms with van der Waals surface area (Å²) in [5.74, 6) is 0.532. The first-order valence-electron chi connectivity index (χ1n) is 5.84. The van der Waals surface area contributed by atoms with Crippen LogP contribution in [0.5, 0.6) is 5.75 Å². The number of ether oxygens (including phenoxy) is 1. The van der Waals surface area contributed by atoms with Crippen molar-refractivity contribution in [2.75, 3.05) is 11.9 Å². The van der Waals surface area contributed by atoms with Crippen LogP contribution in [0.1, 0.15) is 16.7 Å². The molecule has 0 bridgehead atoms. The minimum Gasteiger partial charge on any atom is -0.483 e. The molecule has 0 saturated heterocycles. The molecule has 0 unspecified atom stereocenters. The highest BCUT2D eigenvalue weighted by Crippen LogP contribution is 2.25. The summed E-state index contributed by atoms with van der Waals surface area (Å²) in [5, 5.41) is 3.10. The van der Waals surface area contributed by atoms with Crippen LogP contribution in [-0.2, 0) is 4.79 Å². The van der Waals surface area contributed by atoms with Crippen molar-refractivity contribution in [1.82, 2.24) is 9.36 Å². The Balaban J connectivity index is 1.99. The second-order valence-corrected chi connectivity index (χ2v) is 5.02. The molecule has 0 saturated carbocycles. The molecule has 0 aliphatic carbocycles. The van der Waals surface area contributed by atoms with E-state index in [1.54, 1.807) is 0 Å². The van der Waals surface area contributed by atoms with Crippen molar-refractivity contribution in [3.63, 3.8) is 0 Å². The van der Waals surface area contributed by atoms with Crippen LogP contribution in [-0.4, -0.2) is 21.9 Å². The Kier molecular flexibility index (Phi) is 4.11. The van der Waals surface area contributed by atoms with Crippen LogP contribution in [0.2, 0.25) is 0 Å². The van der Waals surface area contributed by atoms with Gasteiger partial charge in [0.05, 0.1) is 0 Å². The standard InChI is InChI=1S/C13H15N3O2S/c1-8-4-5-9(2)12(10(8)3)18-6-11(17)16-13-14-7-15-19-13/h4-5,7H,6H2,1-3H3,(H,14,15,16,17). The molecule has 2 aromatic rings. The second-order valence-electron chi connectivity index (χ2n) is 4.24. The Morgan fingerprint density at radius 1 is 1.32 bits per heavy atom. The number of rotatable bonds is 4. The topological polar surface area (TPSA) is 64.1 Å². The summed E-state index contributed by atoms with van der Waals surface area (Å²) in [6, 6.07) is 4.03. The van der Waals surface area contributed by atoms with Gasteiger partial charge in [0.2, 0.25) is 5.13 Å². The fourth-order valence-electron chi connectivity index (χ4n) is 1.67. The molecule has 0 aliphatic heterocycles. The van der Waals surface area contributed by atoms with Gasteiger partial charge in [-0.3, -0.25) is 10.1 Å². The molecule has 1 aromatic carbocycles. The maximum Gasteiger partial charge on any atom is 0.264 e. The van der Waals surface area contributed by atoms with Crippen LogP contribution in [0.15, 0.2) is 18.5 Å². The van der Waals surface area contributed by atoms with E-state index < -0.39 is 0 Å².